The van der Waals surface area contributed by atoms with Gasteiger partial charge in [0.05, 0.1) is 0 Å². The van der Waals surface area contributed by atoms with Crippen LogP contribution in [0.3, 0.4) is 0 Å². The highest BCUT2D eigenvalue weighted by Gasteiger charge is 2.13. The Hall–Kier alpha value is -1.06. The van der Waals surface area contributed by atoms with Crippen molar-refractivity contribution in [3.63, 3.8) is 0 Å². The van der Waals surface area contributed by atoms with Gasteiger partial charge in [0.1, 0.15) is 0 Å². The quantitative estimate of drug-likeness (QED) is 0.709. The Morgan fingerprint density at radius 2 is 1.85 bits per heavy atom. The highest BCUT2D eigenvalue weighted by atomic mass is 19.3. The highest BCUT2D eigenvalue weighted by molar-refractivity contribution is 5.13. The Morgan fingerprint density at radius 3 is 2.31 bits per heavy atom. The van der Waals surface area contributed by atoms with Crippen LogP contribution in [0.25, 0.3) is 0 Å². The Bertz CT molecular complexity index is 271. The average Bonchev–Trinajstić information content (AvgIpc) is 2.03. The van der Waals surface area contributed by atoms with Crippen LogP contribution in [0.5, 0.6) is 0 Å². The van der Waals surface area contributed by atoms with Crippen molar-refractivity contribution in [2.45, 2.75) is 33.1 Å². The van der Waals surface area contributed by atoms with E-state index in [0.717, 1.165) is 0 Å². The Labute approximate surface area is 76.0 Å². The first kappa shape index (κ1) is 10.0. The van der Waals surface area contributed by atoms with E-state index >= 15 is 0 Å². The van der Waals surface area contributed by atoms with Crippen molar-refractivity contribution < 1.29 is 8.78 Å². The maximum Gasteiger partial charge on any atom is 0.297 e. The Balaban J connectivity index is 3.11. The molecule has 0 saturated carbocycles. The molecule has 4 heteroatoms. The smallest absolute Gasteiger partial charge is 0.233 e. The number of nitrogens with zero attached hydrogens (tertiary/aromatic N) is 2. The minimum Gasteiger partial charge on any atom is -0.233 e. The third-order valence-electron chi connectivity index (χ3n) is 1.68. The number of alkyl halides is 2. The van der Waals surface area contributed by atoms with Crippen LogP contribution in [0.2, 0.25) is 0 Å². The van der Waals surface area contributed by atoms with E-state index in [1.165, 1.54) is 0 Å². The SMILES string of the molecule is Cc1cc(C(C)C)nc(C(F)F)n1. The van der Waals surface area contributed by atoms with E-state index < -0.39 is 6.43 Å². The van der Waals surface area contributed by atoms with E-state index in [1.54, 1.807) is 13.0 Å². The molecule has 0 aromatic carbocycles. The minimum absolute atomic E-state index is 0.152. The molecule has 1 aromatic rings. The van der Waals surface area contributed by atoms with Gasteiger partial charge in [0, 0.05) is 11.4 Å². The number of halogens is 2. The number of rotatable bonds is 2. The van der Waals surface area contributed by atoms with Crippen molar-refractivity contribution in [3.05, 3.63) is 23.3 Å². The zero-order valence-electron chi connectivity index (χ0n) is 7.88. The summed E-state index contributed by atoms with van der Waals surface area (Å²) in [6.07, 6.45) is -2.59. The van der Waals surface area contributed by atoms with Crippen LogP contribution in [0.15, 0.2) is 6.07 Å². The largest absolute Gasteiger partial charge is 0.297 e. The van der Waals surface area contributed by atoms with Crippen molar-refractivity contribution >= 4 is 0 Å². The van der Waals surface area contributed by atoms with Gasteiger partial charge < -0.3 is 0 Å². The predicted molar refractivity (Wildman–Crippen MR) is 45.8 cm³/mol. The third kappa shape index (κ3) is 2.44. The Kier molecular flexibility index (Phi) is 2.90. The molecular weight excluding hydrogens is 174 g/mol. The molecule has 0 bridgehead atoms. The lowest BCUT2D eigenvalue weighted by atomic mass is 10.1. The molecule has 0 atom stereocenters. The van der Waals surface area contributed by atoms with Crippen molar-refractivity contribution in [1.29, 1.82) is 0 Å². The summed E-state index contributed by atoms with van der Waals surface area (Å²) in [7, 11) is 0. The summed E-state index contributed by atoms with van der Waals surface area (Å²) in [4.78, 5) is 7.43. The van der Waals surface area contributed by atoms with Crippen LogP contribution in [0, 0.1) is 6.92 Å². The van der Waals surface area contributed by atoms with Crippen molar-refractivity contribution in [2.75, 3.05) is 0 Å². The van der Waals surface area contributed by atoms with Gasteiger partial charge >= 0.3 is 0 Å². The van der Waals surface area contributed by atoms with E-state index in [-0.39, 0.29) is 11.7 Å². The molecule has 0 unspecified atom stereocenters. The van der Waals surface area contributed by atoms with Gasteiger partial charge in [0.15, 0.2) is 5.82 Å². The van der Waals surface area contributed by atoms with Gasteiger partial charge in [-0.1, -0.05) is 13.8 Å². The summed E-state index contributed by atoms with van der Waals surface area (Å²) in [6.45, 7) is 5.52. The zero-order chi connectivity index (χ0) is 10.0. The molecule has 72 valence electrons. The lowest BCUT2D eigenvalue weighted by molar-refractivity contribution is 0.139. The molecule has 2 nitrogen and oxygen atoms in total. The highest BCUT2D eigenvalue weighted by Crippen LogP contribution is 2.18. The zero-order valence-corrected chi connectivity index (χ0v) is 7.88. The van der Waals surface area contributed by atoms with Crippen LogP contribution >= 0.6 is 0 Å². The van der Waals surface area contributed by atoms with E-state index in [2.05, 4.69) is 9.97 Å². The first-order valence-corrected chi connectivity index (χ1v) is 4.14. The molecule has 1 rings (SSSR count). The number of hydrogen-bond donors (Lipinski definition) is 0. The summed E-state index contributed by atoms with van der Waals surface area (Å²) in [5.41, 5.74) is 1.26. The molecule has 0 amide bonds. The molecule has 0 aliphatic rings. The van der Waals surface area contributed by atoms with Gasteiger partial charge in [0.25, 0.3) is 6.43 Å². The second kappa shape index (κ2) is 3.77. The maximum absolute atomic E-state index is 12.3. The first-order valence-electron chi connectivity index (χ1n) is 4.14. The van der Waals surface area contributed by atoms with E-state index in [9.17, 15) is 8.78 Å². The second-order valence-electron chi connectivity index (χ2n) is 3.25. The van der Waals surface area contributed by atoms with Crippen LogP contribution in [0.1, 0.15) is 43.4 Å². The van der Waals surface area contributed by atoms with Crippen LogP contribution in [-0.2, 0) is 0 Å². The molecule has 1 heterocycles. The van der Waals surface area contributed by atoms with Crippen LogP contribution in [0.4, 0.5) is 8.78 Å². The monoisotopic (exact) mass is 186 g/mol. The standard InChI is InChI=1S/C9H12F2N2/c1-5(2)7-4-6(3)12-9(13-7)8(10)11/h4-5,8H,1-3H3. The van der Waals surface area contributed by atoms with Crippen molar-refractivity contribution in [3.8, 4) is 0 Å². The molecule has 1 aromatic heterocycles. The topological polar surface area (TPSA) is 25.8 Å². The van der Waals surface area contributed by atoms with Crippen molar-refractivity contribution in [1.82, 2.24) is 9.97 Å². The summed E-state index contributed by atoms with van der Waals surface area (Å²) in [5.74, 6) is -0.220. The summed E-state index contributed by atoms with van der Waals surface area (Å²) in [6, 6.07) is 1.73. The predicted octanol–water partition coefficient (Wildman–Crippen LogP) is 2.85. The Morgan fingerprint density at radius 1 is 1.23 bits per heavy atom. The fraction of sp³-hybridized carbons (Fsp3) is 0.556. The maximum atomic E-state index is 12.3. The fourth-order valence-electron chi connectivity index (χ4n) is 1.01. The van der Waals surface area contributed by atoms with E-state index in [1.807, 2.05) is 13.8 Å². The van der Waals surface area contributed by atoms with Gasteiger partial charge in [-0.2, -0.15) is 0 Å². The van der Waals surface area contributed by atoms with Gasteiger partial charge in [-0.05, 0) is 18.9 Å². The molecule has 0 spiro atoms. The van der Waals surface area contributed by atoms with E-state index in [0.29, 0.717) is 11.4 Å². The van der Waals surface area contributed by atoms with Crippen molar-refractivity contribution in [2.24, 2.45) is 0 Å². The molecule has 0 aliphatic carbocycles. The van der Waals surface area contributed by atoms with Gasteiger partial charge in [-0.3, -0.25) is 0 Å². The lowest BCUT2D eigenvalue weighted by Gasteiger charge is -2.07. The normalized spacial score (nSPS) is 11.3. The molecule has 0 N–H and O–H groups in total. The molecular formula is C9H12F2N2. The number of aryl methyl sites for hydroxylation is 1. The second-order valence-corrected chi connectivity index (χ2v) is 3.25. The van der Waals surface area contributed by atoms with Gasteiger partial charge in [-0.15, -0.1) is 0 Å². The van der Waals surface area contributed by atoms with Gasteiger partial charge in [-0.25, -0.2) is 18.7 Å². The fourth-order valence-corrected chi connectivity index (χ4v) is 1.01. The van der Waals surface area contributed by atoms with Crippen LogP contribution < -0.4 is 0 Å². The van der Waals surface area contributed by atoms with E-state index in [4.69, 9.17) is 0 Å². The molecule has 0 aliphatic heterocycles. The molecule has 13 heavy (non-hydrogen) atoms. The number of aromatic nitrogens is 2. The summed E-state index contributed by atoms with van der Waals surface area (Å²) < 4.78 is 24.5. The minimum atomic E-state index is -2.59. The molecule has 0 saturated heterocycles. The summed E-state index contributed by atoms with van der Waals surface area (Å²) in [5, 5.41) is 0. The average molecular weight is 186 g/mol. The number of hydrogen-bond acceptors (Lipinski definition) is 2. The molecule has 0 fully saturated rings. The summed E-state index contributed by atoms with van der Waals surface area (Å²) >= 11 is 0. The van der Waals surface area contributed by atoms with Crippen LogP contribution in [-0.4, -0.2) is 9.97 Å². The third-order valence-corrected chi connectivity index (χ3v) is 1.68. The van der Waals surface area contributed by atoms with Gasteiger partial charge in [0.2, 0.25) is 0 Å². The molecule has 0 radical (unpaired) electrons. The first-order chi connectivity index (χ1) is 6.00. The lowest BCUT2D eigenvalue weighted by Crippen LogP contribution is -2.03.